The van der Waals surface area contributed by atoms with Crippen molar-refractivity contribution in [1.29, 1.82) is 0 Å². The largest absolute Gasteiger partial charge is 0.337 e. The Morgan fingerprint density at radius 3 is 2.55 bits per heavy atom. The number of benzene rings is 1. The maximum atomic E-state index is 12.4. The van der Waals surface area contributed by atoms with E-state index >= 15 is 0 Å². The molecule has 0 bridgehead atoms. The van der Waals surface area contributed by atoms with Crippen molar-refractivity contribution in [2.45, 2.75) is 6.42 Å². The molecule has 0 fully saturated rings. The molecule has 4 heteroatoms. The molecule has 1 amide bonds. The third kappa shape index (κ3) is 3.90. The quantitative estimate of drug-likeness (QED) is 0.868. The lowest BCUT2D eigenvalue weighted by molar-refractivity contribution is 0.0761. The van der Waals surface area contributed by atoms with Gasteiger partial charge in [0.2, 0.25) is 0 Å². The maximum absolute atomic E-state index is 12.4. The van der Waals surface area contributed by atoms with Crippen LogP contribution in [0.15, 0.2) is 54.9 Å². The Hall–Kier alpha value is -2.20. The zero-order chi connectivity index (χ0) is 14.2. The number of nitrogens with zero attached hydrogens (tertiary/aromatic N) is 2. The Morgan fingerprint density at radius 2 is 1.90 bits per heavy atom. The molecular formula is C16H19N3O. The molecule has 0 radical (unpaired) electrons. The summed E-state index contributed by atoms with van der Waals surface area (Å²) in [6, 6.07) is 13.7. The zero-order valence-electron chi connectivity index (χ0n) is 11.4. The fourth-order valence-electron chi connectivity index (χ4n) is 2.05. The van der Waals surface area contributed by atoms with Crippen molar-refractivity contribution in [2.75, 3.05) is 19.6 Å². The van der Waals surface area contributed by atoms with Crippen LogP contribution in [0, 0.1) is 0 Å². The fraction of sp³-hybridized carbons (Fsp3) is 0.250. The lowest BCUT2D eigenvalue weighted by atomic mass is 10.1. The van der Waals surface area contributed by atoms with Crippen LogP contribution < -0.4 is 5.73 Å². The first-order chi connectivity index (χ1) is 9.81. The highest BCUT2D eigenvalue weighted by atomic mass is 16.2. The third-order valence-corrected chi connectivity index (χ3v) is 3.11. The number of rotatable bonds is 6. The van der Waals surface area contributed by atoms with Crippen molar-refractivity contribution in [1.82, 2.24) is 9.88 Å². The number of hydrogen-bond acceptors (Lipinski definition) is 3. The SMILES string of the molecule is NCCN(CCc1ccccc1)C(=O)c1cccnc1. The Bertz CT molecular complexity index is 528. The normalized spacial score (nSPS) is 10.2. The first-order valence-corrected chi connectivity index (χ1v) is 6.74. The molecule has 1 heterocycles. The number of carbonyl (C=O) groups is 1. The second-order valence-electron chi connectivity index (χ2n) is 4.56. The molecule has 20 heavy (non-hydrogen) atoms. The average molecular weight is 269 g/mol. The molecule has 1 aromatic heterocycles. The average Bonchev–Trinajstić information content (AvgIpc) is 2.52. The fourth-order valence-corrected chi connectivity index (χ4v) is 2.05. The van der Waals surface area contributed by atoms with Crippen molar-refractivity contribution in [3.05, 3.63) is 66.0 Å². The van der Waals surface area contributed by atoms with E-state index in [9.17, 15) is 4.79 Å². The molecule has 2 aromatic rings. The van der Waals surface area contributed by atoms with Gasteiger partial charge in [0.25, 0.3) is 5.91 Å². The predicted molar refractivity (Wildman–Crippen MR) is 79.3 cm³/mol. The van der Waals surface area contributed by atoms with Crippen molar-refractivity contribution in [2.24, 2.45) is 5.73 Å². The number of carbonyl (C=O) groups excluding carboxylic acids is 1. The molecule has 0 atom stereocenters. The first-order valence-electron chi connectivity index (χ1n) is 6.74. The minimum atomic E-state index is -0.0144. The number of aromatic nitrogens is 1. The topological polar surface area (TPSA) is 59.2 Å². The summed E-state index contributed by atoms with van der Waals surface area (Å²) in [5, 5.41) is 0. The number of hydrogen-bond donors (Lipinski definition) is 1. The molecule has 0 saturated carbocycles. The van der Waals surface area contributed by atoms with E-state index < -0.39 is 0 Å². The Kier molecular flexibility index (Phi) is 5.26. The van der Waals surface area contributed by atoms with Gasteiger partial charge in [-0.3, -0.25) is 9.78 Å². The summed E-state index contributed by atoms with van der Waals surface area (Å²) in [5.41, 5.74) is 7.43. The first kappa shape index (κ1) is 14.2. The molecule has 0 aliphatic carbocycles. The molecule has 4 nitrogen and oxygen atoms in total. The molecule has 0 aliphatic rings. The smallest absolute Gasteiger partial charge is 0.255 e. The van der Waals surface area contributed by atoms with Gasteiger partial charge in [-0.1, -0.05) is 30.3 Å². The predicted octanol–water partition coefficient (Wildman–Crippen LogP) is 1.73. The van der Waals surface area contributed by atoms with Crippen LogP contribution >= 0.6 is 0 Å². The van der Waals surface area contributed by atoms with E-state index in [1.54, 1.807) is 29.4 Å². The molecular weight excluding hydrogens is 250 g/mol. The summed E-state index contributed by atoms with van der Waals surface area (Å²) in [6.45, 7) is 1.68. The van der Waals surface area contributed by atoms with E-state index in [4.69, 9.17) is 5.73 Å². The molecule has 104 valence electrons. The molecule has 0 saturated heterocycles. The molecule has 1 aromatic carbocycles. The second kappa shape index (κ2) is 7.40. The third-order valence-electron chi connectivity index (χ3n) is 3.11. The molecule has 2 rings (SSSR count). The van der Waals surface area contributed by atoms with Crippen LogP contribution in [0.4, 0.5) is 0 Å². The lowest BCUT2D eigenvalue weighted by Gasteiger charge is -2.22. The van der Waals surface area contributed by atoms with Crippen LogP contribution in [0.3, 0.4) is 0 Å². The van der Waals surface area contributed by atoms with Gasteiger partial charge in [-0.25, -0.2) is 0 Å². The summed E-state index contributed by atoms with van der Waals surface area (Å²) in [5.74, 6) is -0.0144. The standard InChI is InChI=1S/C16H19N3O/c17-9-12-19(11-8-14-5-2-1-3-6-14)16(20)15-7-4-10-18-13-15/h1-7,10,13H,8-9,11-12,17H2. The summed E-state index contributed by atoms with van der Waals surface area (Å²) in [6.07, 6.45) is 4.08. The number of amides is 1. The van der Waals surface area contributed by atoms with E-state index in [0.29, 0.717) is 25.2 Å². The minimum Gasteiger partial charge on any atom is -0.337 e. The van der Waals surface area contributed by atoms with Gasteiger partial charge in [-0.05, 0) is 24.1 Å². The lowest BCUT2D eigenvalue weighted by Crippen LogP contribution is -2.37. The summed E-state index contributed by atoms with van der Waals surface area (Å²) >= 11 is 0. The Balaban J connectivity index is 2.02. The second-order valence-corrected chi connectivity index (χ2v) is 4.56. The van der Waals surface area contributed by atoms with Crippen LogP contribution in [0.2, 0.25) is 0 Å². The highest BCUT2D eigenvalue weighted by molar-refractivity contribution is 5.93. The summed E-state index contributed by atoms with van der Waals surface area (Å²) in [7, 11) is 0. The zero-order valence-corrected chi connectivity index (χ0v) is 11.4. The van der Waals surface area contributed by atoms with E-state index in [0.717, 1.165) is 6.42 Å². The highest BCUT2D eigenvalue weighted by Gasteiger charge is 2.14. The van der Waals surface area contributed by atoms with Gasteiger partial charge in [-0.15, -0.1) is 0 Å². The molecule has 2 N–H and O–H groups in total. The maximum Gasteiger partial charge on any atom is 0.255 e. The molecule has 0 spiro atoms. The van der Waals surface area contributed by atoms with Crippen LogP contribution in [-0.2, 0) is 6.42 Å². The van der Waals surface area contributed by atoms with Gasteiger partial charge >= 0.3 is 0 Å². The van der Waals surface area contributed by atoms with Crippen molar-refractivity contribution in [3.8, 4) is 0 Å². The van der Waals surface area contributed by atoms with Crippen LogP contribution in [0.1, 0.15) is 15.9 Å². The van der Waals surface area contributed by atoms with Crippen LogP contribution in [-0.4, -0.2) is 35.4 Å². The molecule has 0 aliphatic heterocycles. The van der Waals surface area contributed by atoms with E-state index in [-0.39, 0.29) is 5.91 Å². The number of nitrogens with two attached hydrogens (primary N) is 1. The van der Waals surface area contributed by atoms with E-state index in [1.807, 2.05) is 18.2 Å². The van der Waals surface area contributed by atoms with Gasteiger partial charge in [0.1, 0.15) is 0 Å². The monoisotopic (exact) mass is 269 g/mol. The Morgan fingerprint density at radius 1 is 1.10 bits per heavy atom. The number of pyridine rings is 1. The van der Waals surface area contributed by atoms with Gasteiger partial charge < -0.3 is 10.6 Å². The Labute approximate surface area is 119 Å². The van der Waals surface area contributed by atoms with Gasteiger partial charge in [0, 0.05) is 32.0 Å². The summed E-state index contributed by atoms with van der Waals surface area (Å²) < 4.78 is 0. The highest BCUT2D eigenvalue weighted by Crippen LogP contribution is 2.06. The van der Waals surface area contributed by atoms with E-state index in [1.165, 1.54) is 5.56 Å². The van der Waals surface area contributed by atoms with Crippen molar-refractivity contribution < 1.29 is 4.79 Å². The van der Waals surface area contributed by atoms with E-state index in [2.05, 4.69) is 17.1 Å². The van der Waals surface area contributed by atoms with Gasteiger partial charge in [0.05, 0.1) is 5.56 Å². The van der Waals surface area contributed by atoms with Crippen LogP contribution in [0.5, 0.6) is 0 Å². The van der Waals surface area contributed by atoms with Crippen LogP contribution in [0.25, 0.3) is 0 Å². The van der Waals surface area contributed by atoms with Crippen molar-refractivity contribution in [3.63, 3.8) is 0 Å². The minimum absolute atomic E-state index is 0.0144. The van der Waals surface area contributed by atoms with Gasteiger partial charge in [0.15, 0.2) is 0 Å². The van der Waals surface area contributed by atoms with Crippen molar-refractivity contribution >= 4 is 5.91 Å². The van der Waals surface area contributed by atoms with Gasteiger partial charge in [-0.2, -0.15) is 0 Å². The molecule has 0 unspecified atom stereocenters. The summed E-state index contributed by atoms with van der Waals surface area (Å²) in [4.78, 5) is 18.2.